The Balaban J connectivity index is 1.90. The average molecular weight is 383 g/mol. The molecule has 3 rings (SSSR count). The number of nitrogens with zero attached hydrogens (tertiary/aromatic N) is 2. The monoisotopic (exact) mass is 382 g/mol. The maximum Gasteiger partial charge on any atom is 0.363 e. The fourth-order valence-electron chi connectivity index (χ4n) is 2.42. The molecule has 0 amide bonds. The van der Waals surface area contributed by atoms with E-state index in [1.54, 1.807) is 36.4 Å². The van der Waals surface area contributed by atoms with Crippen LogP contribution in [0.15, 0.2) is 47.1 Å². The molecule has 0 saturated heterocycles. The molecular weight excluding hydrogens is 368 g/mol. The van der Waals surface area contributed by atoms with Gasteiger partial charge in [-0.05, 0) is 48.4 Å². The molecule has 136 valence electrons. The zero-order chi connectivity index (χ0) is 19.4. The first-order valence-corrected chi connectivity index (χ1v) is 8.36. The van der Waals surface area contributed by atoms with Gasteiger partial charge >= 0.3 is 5.97 Å². The van der Waals surface area contributed by atoms with E-state index in [2.05, 4.69) is 4.99 Å². The number of carbonyl (C=O) groups excluding carboxylic acids is 1. The highest BCUT2D eigenvalue weighted by Crippen LogP contribution is 2.30. The van der Waals surface area contributed by atoms with Crippen LogP contribution in [0, 0.1) is 18.3 Å². The molecule has 0 aromatic heterocycles. The quantitative estimate of drug-likeness (QED) is 0.578. The molecule has 7 heteroatoms. The fraction of sp³-hybridized carbons (Fsp3) is 0.150. The number of nitriles is 1. The smallest absolute Gasteiger partial charge is 0.363 e. The van der Waals surface area contributed by atoms with Crippen LogP contribution in [0.3, 0.4) is 0 Å². The van der Waals surface area contributed by atoms with Crippen molar-refractivity contribution in [2.45, 2.75) is 6.92 Å². The highest BCUT2D eigenvalue weighted by atomic mass is 35.5. The topological polar surface area (TPSA) is 80.9 Å². The number of hydrogen-bond acceptors (Lipinski definition) is 6. The third kappa shape index (κ3) is 4.10. The zero-order valence-corrected chi connectivity index (χ0v) is 15.4. The highest BCUT2D eigenvalue weighted by molar-refractivity contribution is 6.31. The second-order valence-corrected chi connectivity index (χ2v) is 6.06. The number of methoxy groups -OCH3 is 1. The number of esters is 1. The van der Waals surface area contributed by atoms with E-state index in [1.807, 2.05) is 19.1 Å². The number of rotatable bonds is 5. The molecule has 2 aromatic carbocycles. The summed E-state index contributed by atoms with van der Waals surface area (Å²) in [5.41, 5.74) is 2.39. The van der Waals surface area contributed by atoms with Crippen LogP contribution in [0.5, 0.6) is 11.5 Å². The van der Waals surface area contributed by atoms with E-state index in [0.29, 0.717) is 27.6 Å². The van der Waals surface area contributed by atoms with Crippen molar-refractivity contribution >= 4 is 29.5 Å². The number of ether oxygens (including phenoxy) is 3. The van der Waals surface area contributed by atoms with Crippen LogP contribution in [0.1, 0.15) is 16.7 Å². The van der Waals surface area contributed by atoms with E-state index in [1.165, 1.54) is 7.11 Å². The van der Waals surface area contributed by atoms with E-state index < -0.39 is 5.97 Å². The third-order valence-electron chi connectivity index (χ3n) is 3.82. The van der Waals surface area contributed by atoms with Gasteiger partial charge in [0.25, 0.3) is 0 Å². The molecular formula is C20H15ClN2O4. The molecule has 0 atom stereocenters. The van der Waals surface area contributed by atoms with Crippen molar-refractivity contribution in [3.05, 3.63) is 63.8 Å². The van der Waals surface area contributed by atoms with Gasteiger partial charge < -0.3 is 14.2 Å². The lowest BCUT2D eigenvalue weighted by Crippen LogP contribution is -2.05. The summed E-state index contributed by atoms with van der Waals surface area (Å²) in [5, 5.41) is 9.19. The minimum atomic E-state index is -0.550. The average Bonchev–Trinajstić information content (AvgIpc) is 3.03. The molecule has 0 radical (unpaired) electrons. The lowest BCUT2D eigenvalue weighted by molar-refractivity contribution is -0.129. The molecule has 1 heterocycles. The Labute approximate surface area is 161 Å². The summed E-state index contributed by atoms with van der Waals surface area (Å²) in [6, 6.07) is 12.3. The number of aryl methyl sites for hydroxylation is 1. The second kappa shape index (κ2) is 7.94. The number of halogens is 1. The number of hydrogen-bond donors (Lipinski definition) is 0. The van der Waals surface area contributed by atoms with Gasteiger partial charge in [-0.2, -0.15) is 5.26 Å². The van der Waals surface area contributed by atoms with Gasteiger partial charge in [0.15, 0.2) is 23.8 Å². The molecule has 0 bridgehead atoms. The molecule has 0 aliphatic carbocycles. The Bertz CT molecular complexity index is 1010. The van der Waals surface area contributed by atoms with Crippen LogP contribution in [-0.4, -0.2) is 25.6 Å². The summed E-state index contributed by atoms with van der Waals surface area (Å²) in [7, 11) is 1.49. The summed E-state index contributed by atoms with van der Waals surface area (Å²) in [4.78, 5) is 16.4. The van der Waals surface area contributed by atoms with Gasteiger partial charge in [-0.15, -0.1) is 0 Å². The lowest BCUT2D eigenvalue weighted by Gasteiger charge is -2.08. The van der Waals surface area contributed by atoms with Crippen molar-refractivity contribution in [3.8, 4) is 17.6 Å². The highest BCUT2D eigenvalue weighted by Gasteiger charge is 2.24. The SMILES string of the molecule is COc1cc(/C=C2/N=C(c3ccc(C)c(Cl)c3)OC2=O)ccc1OCC#N. The first-order valence-electron chi connectivity index (χ1n) is 7.98. The van der Waals surface area contributed by atoms with Crippen molar-refractivity contribution in [1.82, 2.24) is 0 Å². The summed E-state index contributed by atoms with van der Waals surface area (Å²) >= 11 is 6.12. The molecule has 1 aliphatic heterocycles. The molecule has 27 heavy (non-hydrogen) atoms. The summed E-state index contributed by atoms with van der Waals surface area (Å²) in [5.74, 6) is 0.536. The number of aliphatic imine (C=N–C) groups is 1. The van der Waals surface area contributed by atoms with Gasteiger partial charge in [0, 0.05) is 10.6 Å². The van der Waals surface area contributed by atoms with Crippen molar-refractivity contribution in [1.29, 1.82) is 5.26 Å². The Morgan fingerprint density at radius 1 is 1.26 bits per heavy atom. The van der Waals surface area contributed by atoms with Crippen LogP contribution in [0.4, 0.5) is 0 Å². The van der Waals surface area contributed by atoms with Gasteiger partial charge in [-0.3, -0.25) is 0 Å². The molecule has 0 unspecified atom stereocenters. The maximum absolute atomic E-state index is 12.1. The minimum Gasteiger partial charge on any atom is -0.493 e. The van der Waals surface area contributed by atoms with Crippen LogP contribution < -0.4 is 9.47 Å². The van der Waals surface area contributed by atoms with E-state index in [4.69, 9.17) is 31.1 Å². The summed E-state index contributed by atoms with van der Waals surface area (Å²) in [6.45, 7) is 1.80. The van der Waals surface area contributed by atoms with Crippen LogP contribution in [0.25, 0.3) is 6.08 Å². The number of cyclic esters (lactones) is 1. The molecule has 0 saturated carbocycles. The van der Waals surface area contributed by atoms with Crippen molar-refractivity contribution < 1.29 is 19.0 Å². The Morgan fingerprint density at radius 3 is 2.78 bits per heavy atom. The molecule has 0 N–H and O–H groups in total. The van der Waals surface area contributed by atoms with Crippen molar-refractivity contribution in [2.24, 2.45) is 4.99 Å². The van der Waals surface area contributed by atoms with Crippen LogP contribution >= 0.6 is 11.6 Å². The molecule has 1 aliphatic rings. The normalized spacial score (nSPS) is 14.5. The van der Waals surface area contributed by atoms with Gasteiger partial charge in [-0.1, -0.05) is 23.7 Å². The van der Waals surface area contributed by atoms with E-state index in [-0.39, 0.29) is 18.2 Å². The number of carbonyl (C=O) groups is 1. The predicted octanol–water partition coefficient (Wildman–Crippen LogP) is 3.90. The van der Waals surface area contributed by atoms with Crippen LogP contribution in [0.2, 0.25) is 5.02 Å². The van der Waals surface area contributed by atoms with E-state index in [9.17, 15) is 4.79 Å². The second-order valence-electron chi connectivity index (χ2n) is 5.66. The molecule has 2 aromatic rings. The van der Waals surface area contributed by atoms with E-state index in [0.717, 1.165) is 5.56 Å². The molecule has 0 fully saturated rings. The summed E-state index contributed by atoms with van der Waals surface area (Å²) < 4.78 is 15.8. The predicted molar refractivity (Wildman–Crippen MR) is 101 cm³/mol. The Kier molecular flexibility index (Phi) is 5.43. The molecule has 0 spiro atoms. The van der Waals surface area contributed by atoms with Gasteiger partial charge in [0.2, 0.25) is 5.90 Å². The Hall–Kier alpha value is -3.30. The standard InChI is InChI=1S/C20H15ClN2O4/c1-12-3-5-14(11-15(12)21)19-23-16(20(24)27-19)9-13-4-6-17(26-8-7-22)18(10-13)25-2/h3-6,9-11H,8H2,1-2H3/b16-9+. The fourth-order valence-corrected chi connectivity index (χ4v) is 2.60. The zero-order valence-electron chi connectivity index (χ0n) is 14.7. The van der Waals surface area contributed by atoms with Crippen molar-refractivity contribution in [3.63, 3.8) is 0 Å². The maximum atomic E-state index is 12.1. The van der Waals surface area contributed by atoms with Crippen molar-refractivity contribution in [2.75, 3.05) is 13.7 Å². The van der Waals surface area contributed by atoms with Crippen LogP contribution in [-0.2, 0) is 9.53 Å². The first kappa shape index (κ1) is 18.5. The largest absolute Gasteiger partial charge is 0.493 e. The van der Waals surface area contributed by atoms with Gasteiger partial charge in [-0.25, -0.2) is 9.79 Å². The Morgan fingerprint density at radius 2 is 2.07 bits per heavy atom. The lowest BCUT2D eigenvalue weighted by atomic mass is 10.1. The first-order chi connectivity index (χ1) is 13.0. The summed E-state index contributed by atoms with van der Waals surface area (Å²) in [6.07, 6.45) is 1.59. The van der Waals surface area contributed by atoms with E-state index >= 15 is 0 Å². The van der Waals surface area contributed by atoms with Gasteiger partial charge in [0.1, 0.15) is 6.07 Å². The molecule has 6 nitrogen and oxygen atoms in total. The minimum absolute atomic E-state index is 0.0874. The van der Waals surface area contributed by atoms with Gasteiger partial charge in [0.05, 0.1) is 7.11 Å². The third-order valence-corrected chi connectivity index (χ3v) is 4.23. The number of benzene rings is 2.